The van der Waals surface area contributed by atoms with Crippen molar-refractivity contribution < 1.29 is 9.90 Å². The Bertz CT molecular complexity index is 453. The van der Waals surface area contributed by atoms with Gasteiger partial charge in [-0.15, -0.1) is 0 Å². The van der Waals surface area contributed by atoms with Crippen LogP contribution in [0.5, 0.6) is 5.75 Å². The van der Waals surface area contributed by atoms with Crippen LogP contribution in [0.2, 0.25) is 5.02 Å². The van der Waals surface area contributed by atoms with Gasteiger partial charge in [0, 0.05) is 11.1 Å². The standard InChI is InChI=1S/C14H18ClNO2/c1-14(7-3-2-4-8-14)16-13(18)10-5-6-12(17)11(15)9-10/h5-6,9,17H,2-4,7-8H2,1H3,(H,16,18). The largest absolute Gasteiger partial charge is 0.506 e. The summed E-state index contributed by atoms with van der Waals surface area (Å²) in [7, 11) is 0. The summed E-state index contributed by atoms with van der Waals surface area (Å²) in [5, 5.41) is 12.6. The molecule has 0 radical (unpaired) electrons. The molecule has 0 atom stereocenters. The first kappa shape index (κ1) is 13.2. The van der Waals surface area contributed by atoms with Crippen LogP contribution >= 0.6 is 11.6 Å². The summed E-state index contributed by atoms with van der Waals surface area (Å²) in [6.07, 6.45) is 5.60. The molecule has 0 saturated heterocycles. The van der Waals surface area contributed by atoms with Gasteiger partial charge in [-0.25, -0.2) is 0 Å². The number of rotatable bonds is 2. The maximum atomic E-state index is 12.1. The summed E-state index contributed by atoms with van der Waals surface area (Å²) in [4.78, 5) is 12.1. The molecule has 0 aliphatic heterocycles. The average Bonchev–Trinajstić information content (AvgIpc) is 2.33. The molecule has 4 heteroatoms. The lowest BCUT2D eigenvalue weighted by Crippen LogP contribution is -2.47. The fourth-order valence-corrected chi connectivity index (χ4v) is 2.63. The predicted molar refractivity (Wildman–Crippen MR) is 72.1 cm³/mol. The molecular formula is C14H18ClNO2. The third-order valence-corrected chi connectivity index (χ3v) is 3.89. The summed E-state index contributed by atoms with van der Waals surface area (Å²) >= 11 is 5.81. The Kier molecular flexibility index (Phi) is 3.81. The van der Waals surface area contributed by atoms with Gasteiger partial charge in [-0.05, 0) is 38.0 Å². The highest BCUT2D eigenvalue weighted by molar-refractivity contribution is 6.32. The molecular weight excluding hydrogens is 250 g/mol. The molecule has 2 rings (SSSR count). The van der Waals surface area contributed by atoms with Gasteiger partial charge in [0.05, 0.1) is 5.02 Å². The van der Waals surface area contributed by atoms with Crippen molar-refractivity contribution in [2.24, 2.45) is 0 Å². The molecule has 1 saturated carbocycles. The number of hydrogen-bond donors (Lipinski definition) is 2. The van der Waals surface area contributed by atoms with Crippen molar-refractivity contribution in [3.63, 3.8) is 0 Å². The maximum Gasteiger partial charge on any atom is 0.251 e. The highest BCUT2D eigenvalue weighted by Crippen LogP contribution is 2.28. The molecule has 1 fully saturated rings. The van der Waals surface area contributed by atoms with Gasteiger partial charge in [0.1, 0.15) is 5.75 Å². The highest BCUT2D eigenvalue weighted by Gasteiger charge is 2.28. The Balaban J connectivity index is 2.09. The number of halogens is 1. The zero-order valence-corrected chi connectivity index (χ0v) is 11.3. The smallest absolute Gasteiger partial charge is 0.251 e. The van der Waals surface area contributed by atoms with Crippen LogP contribution in [0.3, 0.4) is 0 Å². The monoisotopic (exact) mass is 267 g/mol. The van der Waals surface area contributed by atoms with Crippen molar-refractivity contribution in [3.8, 4) is 5.75 Å². The SMILES string of the molecule is CC1(NC(=O)c2ccc(O)c(Cl)c2)CCCCC1. The molecule has 0 heterocycles. The number of nitrogens with one attached hydrogen (secondary N) is 1. The minimum atomic E-state index is -0.124. The van der Waals surface area contributed by atoms with Crippen molar-refractivity contribution in [3.05, 3.63) is 28.8 Å². The number of carbonyl (C=O) groups is 1. The van der Waals surface area contributed by atoms with Crippen molar-refractivity contribution >= 4 is 17.5 Å². The van der Waals surface area contributed by atoms with Crippen LogP contribution in [0.15, 0.2) is 18.2 Å². The molecule has 1 aliphatic carbocycles. The lowest BCUT2D eigenvalue weighted by atomic mass is 9.83. The normalized spacial score (nSPS) is 18.3. The van der Waals surface area contributed by atoms with Gasteiger partial charge in [-0.3, -0.25) is 4.79 Å². The predicted octanol–water partition coefficient (Wildman–Crippen LogP) is 3.50. The van der Waals surface area contributed by atoms with Gasteiger partial charge in [0.15, 0.2) is 0 Å². The fraction of sp³-hybridized carbons (Fsp3) is 0.500. The lowest BCUT2D eigenvalue weighted by Gasteiger charge is -2.34. The Labute approximate surface area is 112 Å². The van der Waals surface area contributed by atoms with Crippen LogP contribution in [-0.4, -0.2) is 16.6 Å². The first-order valence-corrected chi connectivity index (χ1v) is 6.69. The topological polar surface area (TPSA) is 49.3 Å². The van der Waals surface area contributed by atoms with Crippen molar-refractivity contribution in [1.29, 1.82) is 0 Å². The van der Waals surface area contributed by atoms with E-state index in [0.717, 1.165) is 25.7 Å². The van der Waals surface area contributed by atoms with E-state index >= 15 is 0 Å². The van der Waals surface area contributed by atoms with E-state index in [0.29, 0.717) is 5.56 Å². The molecule has 3 nitrogen and oxygen atoms in total. The van der Waals surface area contributed by atoms with Crippen molar-refractivity contribution in [2.45, 2.75) is 44.6 Å². The fourth-order valence-electron chi connectivity index (χ4n) is 2.45. The van der Waals surface area contributed by atoms with Crippen LogP contribution in [-0.2, 0) is 0 Å². The van der Waals surface area contributed by atoms with Crippen LogP contribution in [0.1, 0.15) is 49.4 Å². The number of carbonyl (C=O) groups excluding carboxylic acids is 1. The molecule has 1 aromatic rings. The molecule has 1 amide bonds. The van der Waals surface area contributed by atoms with Crippen LogP contribution < -0.4 is 5.32 Å². The second-order valence-electron chi connectivity index (χ2n) is 5.24. The number of phenols is 1. The summed E-state index contributed by atoms with van der Waals surface area (Å²) in [6.45, 7) is 2.09. The van der Waals surface area contributed by atoms with E-state index in [1.165, 1.54) is 18.6 Å². The van der Waals surface area contributed by atoms with Crippen LogP contribution in [0, 0.1) is 0 Å². The van der Waals surface area contributed by atoms with E-state index in [4.69, 9.17) is 11.6 Å². The van der Waals surface area contributed by atoms with Gasteiger partial charge in [-0.2, -0.15) is 0 Å². The van der Waals surface area contributed by atoms with Gasteiger partial charge < -0.3 is 10.4 Å². The van der Waals surface area contributed by atoms with Crippen LogP contribution in [0.4, 0.5) is 0 Å². The van der Waals surface area contributed by atoms with Gasteiger partial charge >= 0.3 is 0 Å². The van der Waals surface area contributed by atoms with Gasteiger partial charge in [0.2, 0.25) is 0 Å². The number of phenolic OH excluding ortho intramolecular Hbond substituents is 1. The van der Waals surface area contributed by atoms with E-state index in [9.17, 15) is 9.90 Å². The quantitative estimate of drug-likeness (QED) is 0.862. The highest BCUT2D eigenvalue weighted by atomic mass is 35.5. The molecule has 2 N–H and O–H groups in total. The number of benzene rings is 1. The molecule has 1 aliphatic rings. The number of hydrogen-bond acceptors (Lipinski definition) is 2. The van der Waals surface area contributed by atoms with E-state index in [-0.39, 0.29) is 22.2 Å². The lowest BCUT2D eigenvalue weighted by molar-refractivity contribution is 0.0882. The molecule has 18 heavy (non-hydrogen) atoms. The summed E-state index contributed by atoms with van der Waals surface area (Å²) in [5.74, 6) is -0.126. The van der Waals surface area contributed by atoms with E-state index in [1.807, 2.05) is 0 Å². The second-order valence-corrected chi connectivity index (χ2v) is 5.65. The number of amides is 1. The molecule has 1 aromatic carbocycles. The van der Waals surface area contributed by atoms with Gasteiger partial charge in [-0.1, -0.05) is 30.9 Å². The summed E-state index contributed by atoms with van der Waals surface area (Å²) < 4.78 is 0. The average molecular weight is 268 g/mol. The summed E-state index contributed by atoms with van der Waals surface area (Å²) in [5.41, 5.74) is 0.379. The van der Waals surface area contributed by atoms with E-state index in [2.05, 4.69) is 12.2 Å². The summed E-state index contributed by atoms with van der Waals surface area (Å²) in [6, 6.07) is 4.53. The van der Waals surface area contributed by atoms with Gasteiger partial charge in [0.25, 0.3) is 5.91 Å². The Morgan fingerprint density at radius 1 is 1.33 bits per heavy atom. The van der Waals surface area contributed by atoms with Crippen LogP contribution in [0.25, 0.3) is 0 Å². The maximum absolute atomic E-state index is 12.1. The third kappa shape index (κ3) is 2.96. The molecule has 0 bridgehead atoms. The minimum Gasteiger partial charge on any atom is -0.506 e. The zero-order chi connectivity index (χ0) is 13.2. The zero-order valence-electron chi connectivity index (χ0n) is 10.5. The number of aromatic hydroxyl groups is 1. The third-order valence-electron chi connectivity index (χ3n) is 3.58. The van der Waals surface area contributed by atoms with Crippen molar-refractivity contribution in [1.82, 2.24) is 5.32 Å². The first-order chi connectivity index (χ1) is 8.50. The molecule has 0 unspecified atom stereocenters. The van der Waals surface area contributed by atoms with E-state index in [1.54, 1.807) is 6.07 Å². The Morgan fingerprint density at radius 3 is 2.61 bits per heavy atom. The molecule has 0 spiro atoms. The molecule has 0 aromatic heterocycles. The Hall–Kier alpha value is -1.22. The minimum absolute atomic E-state index is 0.00269. The molecule has 98 valence electrons. The first-order valence-electron chi connectivity index (χ1n) is 6.31. The second kappa shape index (κ2) is 5.19. The Morgan fingerprint density at radius 2 is 2.00 bits per heavy atom. The van der Waals surface area contributed by atoms with Crippen molar-refractivity contribution in [2.75, 3.05) is 0 Å². The van der Waals surface area contributed by atoms with E-state index < -0.39 is 0 Å².